The summed E-state index contributed by atoms with van der Waals surface area (Å²) in [6, 6.07) is 8.65. The van der Waals surface area contributed by atoms with Crippen LogP contribution >= 0.6 is 45.3 Å². The molecule has 4 heteroatoms. The fourth-order valence-electron chi connectivity index (χ4n) is 3.24. The van der Waals surface area contributed by atoms with Crippen molar-refractivity contribution >= 4 is 50.9 Å². The maximum atomic E-state index is 4.49. The Morgan fingerprint density at radius 2 is 1.48 bits per heavy atom. The molecule has 0 aliphatic carbocycles. The van der Waals surface area contributed by atoms with E-state index in [-0.39, 0.29) is 0 Å². The minimum Gasteiger partial charge on any atom is -0.143 e. The number of thiophene rings is 4. The molecule has 0 unspecified atom stereocenters. The highest BCUT2D eigenvalue weighted by Gasteiger charge is 2.20. The van der Waals surface area contributed by atoms with E-state index in [0.29, 0.717) is 0 Å². The largest absolute Gasteiger partial charge is 0.143 e. The Labute approximate surface area is 164 Å². The molecule has 0 aliphatic heterocycles. The first kappa shape index (κ1) is 17.0. The highest BCUT2D eigenvalue weighted by atomic mass is 32.1. The number of hydrogen-bond acceptors (Lipinski definition) is 4. The first-order valence-corrected chi connectivity index (χ1v) is 11.5. The van der Waals surface area contributed by atoms with Crippen molar-refractivity contribution in [2.24, 2.45) is 0 Å². The third-order valence-corrected chi connectivity index (χ3v) is 8.87. The van der Waals surface area contributed by atoms with Gasteiger partial charge in [-0.3, -0.25) is 0 Å². The molecule has 0 atom stereocenters. The fraction of sp³-hybridized carbons (Fsp3) is 0.143. The van der Waals surface area contributed by atoms with Crippen molar-refractivity contribution in [3.8, 4) is 19.5 Å². The zero-order valence-electron chi connectivity index (χ0n) is 14.4. The molecule has 0 spiro atoms. The number of aryl methyl sites for hydroxylation is 1. The Morgan fingerprint density at radius 1 is 0.840 bits per heavy atom. The second-order valence-corrected chi connectivity index (χ2v) is 10.0. The van der Waals surface area contributed by atoms with Gasteiger partial charge in [-0.2, -0.15) is 0 Å². The molecule has 0 aliphatic rings. The van der Waals surface area contributed by atoms with Crippen LogP contribution in [0.15, 0.2) is 47.0 Å². The normalized spacial score (nSPS) is 11.2. The summed E-state index contributed by atoms with van der Waals surface area (Å²) < 4.78 is 0. The van der Waals surface area contributed by atoms with Gasteiger partial charge >= 0.3 is 0 Å². The lowest BCUT2D eigenvalue weighted by atomic mass is 9.95. The Balaban J connectivity index is 1.78. The van der Waals surface area contributed by atoms with Crippen LogP contribution in [0.3, 0.4) is 0 Å². The van der Waals surface area contributed by atoms with E-state index in [4.69, 9.17) is 0 Å². The summed E-state index contributed by atoms with van der Waals surface area (Å²) in [5, 5.41) is 6.56. The highest BCUT2D eigenvalue weighted by molar-refractivity contribution is 7.22. The third-order valence-electron chi connectivity index (χ3n) is 4.48. The predicted octanol–water partition coefficient (Wildman–Crippen LogP) is 8.25. The predicted molar refractivity (Wildman–Crippen MR) is 118 cm³/mol. The molecule has 4 aromatic heterocycles. The molecule has 0 bridgehead atoms. The smallest absolute Gasteiger partial charge is 0.0480 e. The Kier molecular flexibility index (Phi) is 4.54. The summed E-state index contributed by atoms with van der Waals surface area (Å²) in [5.41, 5.74) is 6.48. The molecule has 0 radical (unpaired) electrons. The SMILES string of the molecule is C=C(c1csc(-c2cccs2)c1C)c1c(C)sc(-c2cccs2)c1C. The van der Waals surface area contributed by atoms with Crippen LogP contribution in [-0.4, -0.2) is 0 Å². The Morgan fingerprint density at radius 3 is 2.08 bits per heavy atom. The molecule has 126 valence electrons. The quantitative estimate of drug-likeness (QED) is 0.324. The van der Waals surface area contributed by atoms with Crippen molar-refractivity contribution < 1.29 is 0 Å². The van der Waals surface area contributed by atoms with E-state index in [1.807, 2.05) is 34.0 Å². The topological polar surface area (TPSA) is 0 Å². The summed E-state index contributed by atoms with van der Waals surface area (Å²) in [4.78, 5) is 6.81. The molecule has 25 heavy (non-hydrogen) atoms. The summed E-state index contributed by atoms with van der Waals surface area (Å²) in [6.07, 6.45) is 0. The first-order chi connectivity index (χ1) is 12.1. The van der Waals surface area contributed by atoms with Crippen LogP contribution < -0.4 is 0 Å². The van der Waals surface area contributed by atoms with Gasteiger partial charge in [-0.15, -0.1) is 45.3 Å². The van der Waals surface area contributed by atoms with Gasteiger partial charge in [-0.25, -0.2) is 0 Å². The van der Waals surface area contributed by atoms with Crippen LogP contribution in [0, 0.1) is 20.8 Å². The molecular weight excluding hydrogens is 380 g/mol. The van der Waals surface area contributed by atoms with Crippen molar-refractivity contribution in [2.75, 3.05) is 0 Å². The fourth-order valence-corrected chi connectivity index (χ4v) is 7.37. The van der Waals surface area contributed by atoms with E-state index in [1.165, 1.54) is 46.6 Å². The van der Waals surface area contributed by atoms with Crippen LogP contribution in [0.5, 0.6) is 0 Å². The van der Waals surface area contributed by atoms with Gasteiger partial charge in [-0.05, 0) is 76.9 Å². The Bertz CT molecular complexity index is 1020. The summed E-state index contributed by atoms with van der Waals surface area (Å²) in [6.45, 7) is 11.2. The molecule has 0 amide bonds. The van der Waals surface area contributed by atoms with Crippen molar-refractivity contribution in [2.45, 2.75) is 20.8 Å². The van der Waals surface area contributed by atoms with Crippen LogP contribution in [0.2, 0.25) is 0 Å². The lowest BCUT2D eigenvalue weighted by Crippen LogP contribution is -1.90. The lowest BCUT2D eigenvalue weighted by Gasteiger charge is -2.08. The van der Waals surface area contributed by atoms with Crippen molar-refractivity contribution in [1.29, 1.82) is 0 Å². The van der Waals surface area contributed by atoms with Crippen molar-refractivity contribution in [3.63, 3.8) is 0 Å². The maximum Gasteiger partial charge on any atom is 0.0480 e. The average molecular weight is 399 g/mol. The zero-order valence-corrected chi connectivity index (χ0v) is 17.6. The van der Waals surface area contributed by atoms with E-state index in [0.717, 1.165) is 5.57 Å². The summed E-state index contributed by atoms with van der Waals surface area (Å²) in [5.74, 6) is 0. The van der Waals surface area contributed by atoms with E-state index in [2.05, 4.69) is 67.8 Å². The maximum absolute atomic E-state index is 4.49. The highest BCUT2D eigenvalue weighted by Crippen LogP contribution is 2.45. The molecule has 4 rings (SSSR count). The molecule has 4 aromatic rings. The number of rotatable bonds is 4. The van der Waals surface area contributed by atoms with E-state index in [9.17, 15) is 0 Å². The first-order valence-electron chi connectivity index (χ1n) is 8.03. The molecule has 0 saturated heterocycles. The van der Waals surface area contributed by atoms with Gasteiger partial charge < -0.3 is 0 Å². The van der Waals surface area contributed by atoms with Gasteiger partial charge in [0.2, 0.25) is 0 Å². The van der Waals surface area contributed by atoms with E-state index >= 15 is 0 Å². The van der Waals surface area contributed by atoms with Gasteiger partial charge in [0.15, 0.2) is 0 Å². The van der Waals surface area contributed by atoms with Crippen molar-refractivity contribution in [1.82, 2.24) is 0 Å². The number of hydrogen-bond donors (Lipinski definition) is 0. The molecule has 0 saturated carbocycles. The van der Waals surface area contributed by atoms with Gasteiger partial charge in [0.05, 0.1) is 0 Å². The van der Waals surface area contributed by atoms with E-state index < -0.39 is 0 Å². The average Bonchev–Trinajstić information content (AvgIpc) is 3.34. The minimum absolute atomic E-state index is 1.16. The standard InChI is InChI=1S/C21H18S4/c1-12(16-11-24-20(13(16)2)17-7-5-9-22-17)19-14(3)21(25-15(19)4)18-8-6-10-23-18/h5-11H,1H2,2-4H3. The van der Waals surface area contributed by atoms with Gasteiger partial charge in [-0.1, -0.05) is 18.7 Å². The Hall–Kier alpha value is -1.46. The summed E-state index contributed by atoms with van der Waals surface area (Å²) >= 11 is 7.33. The van der Waals surface area contributed by atoms with Crippen LogP contribution in [0.4, 0.5) is 0 Å². The van der Waals surface area contributed by atoms with Crippen LogP contribution in [0.1, 0.15) is 27.1 Å². The molecule has 0 fully saturated rings. The van der Waals surface area contributed by atoms with Crippen LogP contribution in [-0.2, 0) is 0 Å². The third kappa shape index (κ3) is 2.87. The molecule has 0 aromatic carbocycles. The van der Waals surface area contributed by atoms with Crippen LogP contribution in [0.25, 0.3) is 25.1 Å². The molecule has 4 heterocycles. The monoisotopic (exact) mass is 398 g/mol. The van der Waals surface area contributed by atoms with Gasteiger partial charge in [0, 0.05) is 24.4 Å². The molecule has 0 nitrogen and oxygen atoms in total. The van der Waals surface area contributed by atoms with Crippen molar-refractivity contribution in [3.05, 3.63) is 74.1 Å². The lowest BCUT2D eigenvalue weighted by molar-refractivity contribution is 1.42. The zero-order chi connectivity index (χ0) is 17.6. The van der Waals surface area contributed by atoms with Gasteiger partial charge in [0.25, 0.3) is 0 Å². The summed E-state index contributed by atoms with van der Waals surface area (Å²) in [7, 11) is 0. The molecule has 0 N–H and O–H groups in total. The van der Waals surface area contributed by atoms with Gasteiger partial charge in [0.1, 0.15) is 0 Å². The van der Waals surface area contributed by atoms with E-state index in [1.54, 1.807) is 11.3 Å². The second-order valence-electron chi connectivity index (χ2n) is 6.02. The minimum atomic E-state index is 1.16. The molecular formula is C21H18S4. The second kappa shape index (κ2) is 6.69.